The van der Waals surface area contributed by atoms with Gasteiger partial charge in [-0.25, -0.2) is 9.97 Å². The zero-order chi connectivity index (χ0) is 28.2. The lowest BCUT2D eigenvalue weighted by Crippen LogP contribution is -1.99. The van der Waals surface area contributed by atoms with Gasteiger partial charge in [-0.3, -0.25) is 4.98 Å². The van der Waals surface area contributed by atoms with Crippen molar-refractivity contribution in [3.63, 3.8) is 0 Å². The van der Waals surface area contributed by atoms with Crippen molar-refractivity contribution < 1.29 is 0 Å². The van der Waals surface area contributed by atoms with Crippen molar-refractivity contribution in [3.8, 4) is 33.6 Å². The molecule has 0 fully saturated rings. The summed E-state index contributed by atoms with van der Waals surface area (Å²) in [6.45, 7) is 4.52. The van der Waals surface area contributed by atoms with Crippen LogP contribution in [0.4, 0.5) is 0 Å². The summed E-state index contributed by atoms with van der Waals surface area (Å²) < 4.78 is 0. The van der Waals surface area contributed by atoms with Crippen LogP contribution < -0.4 is 0 Å². The van der Waals surface area contributed by atoms with Crippen LogP contribution in [-0.4, -0.2) is 15.0 Å². The molecular weight excluding hydrogens is 510 g/mol. The molecule has 0 saturated heterocycles. The molecule has 0 aliphatic heterocycles. The lowest BCUT2D eigenvalue weighted by atomic mass is 9.85. The molecule has 0 spiro atoms. The summed E-state index contributed by atoms with van der Waals surface area (Å²) >= 11 is 0. The van der Waals surface area contributed by atoms with E-state index in [9.17, 15) is 0 Å². The molecule has 8 rings (SSSR count). The van der Waals surface area contributed by atoms with Gasteiger partial charge >= 0.3 is 0 Å². The third-order valence-corrected chi connectivity index (χ3v) is 8.47. The summed E-state index contributed by atoms with van der Waals surface area (Å²) in [6, 6.07) is 40.4. The van der Waals surface area contributed by atoms with Gasteiger partial charge < -0.3 is 0 Å². The maximum atomic E-state index is 5.39. The normalized spacial score (nSPS) is 11.6. The number of pyridine rings is 3. The standard InChI is InChI=1S/C39H27N3/c1-24-34-30-17-9-10-18-32(30)41-38(26-12-5-3-6-13-26)36(34)25(2)35-31-20-19-28(29-16-11-21-40-23-29)22-33(31)42-39(37(24)35)27-14-7-4-8-15-27/h3-23H,1-2H3. The number of benzene rings is 5. The van der Waals surface area contributed by atoms with E-state index < -0.39 is 0 Å². The zero-order valence-electron chi connectivity index (χ0n) is 23.5. The van der Waals surface area contributed by atoms with E-state index in [0.717, 1.165) is 50.1 Å². The van der Waals surface area contributed by atoms with E-state index in [-0.39, 0.29) is 0 Å². The Morgan fingerprint density at radius 1 is 0.429 bits per heavy atom. The van der Waals surface area contributed by atoms with Crippen molar-refractivity contribution in [1.82, 2.24) is 15.0 Å². The Labute approximate surface area is 244 Å². The van der Waals surface area contributed by atoms with Gasteiger partial charge in [-0.1, -0.05) is 97.1 Å². The first kappa shape index (κ1) is 24.4. The van der Waals surface area contributed by atoms with E-state index in [1.807, 2.05) is 18.5 Å². The van der Waals surface area contributed by atoms with E-state index in [2.05, 4.69) is 128 Å². The summed E-state index contributed by atoms with van der Waals surface area (Å²) in [6.07, 6.45) is 3.72. The number of nitrogens with zero attached hydrogens (tertiary/aromatic N) is 3. The predicted octanol–water partition coefficient (Wildman–Crippen LogP) is 10.1. The molecule has 3 aromatic heterocycles. The fourth-order valence-corrected chi connectivity index (χ4v) is 6.56. The molecule has 3 nitrogen and oxygen atoms in total. The summed E-state index contributed by atoms with van der Waals surface area (Å²) in [7, 11) is 0. The van der Waals surface area contributed by atoms with E-state index in [1.54, 1.807) is 0 Å². The number of aryl methyl sites for hydroxylation is 2. The average Bonchev–Trinajstić information content (AvgIpc) is 3.06. The number of aromatic nitrogens is 3. The molecule has 5 aromatic carbocycles. The molecule has 3 heterocycles. The molecule has 0 amide bonds. The maximum Gasteiger partial charge on any atom is 0.0791 e. The van der Waals surface area contributed by atoms with Crippen molar-refractivity contribution in [2.75, 3.05) is 0 Å². The van der Waals surface area contributed by atoms with E-state index in [0.29, 0.717) is 0 Å². The molecule has 42 heavy (non-hydrogen) atoms. The molecule has 3 heteroatoms. The van der Waals surface area contributed by atoms with E-state index in [4.69, 9.17) is 9.97 Å². The Kier molecular flexibility index (Phi) is 5.58. The summed E-state index contributed by atoms with van der Waals surface area (Å²) in [5.74, 6) is 0. The predicted molar refractivity (Wildman–Crippen MR) is 176 cm³/mol. The Morgan fingerprint density at radius 2 is 0.976 bits per heavy atom. The molecule has 0 aliphatic rings. The van der Waals surface area contributed by atoms with Gasteiger partial charge in [0.2, 0.25) is 0 Å². The molecule has 0 atom stereocenters. The van der Waals surface area contributed by atoms with Gasteiger partial charge in [0.05, 0.1) is 22.4 Å². The molecule has 0 bridgehead atoms. The first-order chi connectivity index (χ1) is 20.7. The van der Waals surface area contributed by atoms with Crippen molar-refractivity contribution in [3.05, 3.63) is 139 Å². The van der Waals surface area contributed by atoms with Crippen LogP contribution in [0, 0.1) is 13.8 Å². The minimum atomic E-state index is 0.972. The first-order valence-corrected chi connectivity index (χ1v) is 14.3. The Balaban J connectivity index is 1.60. The molecule has 8 aromatic rings. The van der Waals surface area contributed by atoms with E-state index in [1.165, 1.54) is 38.1 Å². The largest absolute Gasteiger partial charge is 0.264 e. The second-order valence-corrected chi connectivity index (χ2v) is 10.9. The second-order valence-electron chi connectivity index (χ2n) is 10.9. The van der Waals surface area contributed by atoms with E-state index >= 15 is 0 Å². The number of para-hydroxylation sites is 1. The molecule has 198 valence electrons. The van der Waals surface area contributed by atoms with Crippen LogP contribution >= 0.6 is 0 Å². The van der Waals surface area contributed by atoms with Crippen LogP contribution in [0.3, 0.4) is 0 Å². The average molecular weight is 538 g/mol. The topological polar surface area (TPSA) is 38.7 Å². The Hall–Kier alpha value is -5.41. The highest BCUT2D eigenvalue weighted by molar-refractivity contribution is 6.25. The monoisotopic (exact) mass is 537 g/mol. The van der Waals surface area contributed by atoms with Gasteiger partial charge in [0, 0.05) is 50.6 Å². The number of rotatable bonds is 3. The lowest BCUT2D eigenvalue weighted by molar-refractivity contribution is 1.33. The van der Waals surface area contributed by atoms with Crippen molar-refractivity contribution in [2.45, 2.75) is 13.8 Å². The van der Waals surface area contributed by atoms with Crippen molar-refractivity contribution in [2.24, 2.45) is 0 Å². The van der Waals surface area contributed by atoms with Crippen LogP contribution in [-0.2, 0) is 0 Å². The Bertz CT molecular complexity index is 2290. The smallest absolute Gasteiger partial charge is 0.0791 e. The van der Waals surface area contributed by atoms with Crippen LogP contribution in [0.2, 0.25) is 0 Å². The van der Waals surface area contributed by atoms with Crippen LogP contribution in [0.25, 0.3) is 77.0 Å². The quantitative estimate of drug-likeness (QED) is 0.166. The highest BCUT2D eigenvalue weighted by Crippen LogP contribution is 2.45. The third kappa shape index (κ3) is 3.71. The molecular formula is C39H27N3. The number of fused-ring (bicyclic) bond motifs is 6. The van der Waals surface area contributed by atoms with Gasteiger partial charge in [-0.15, -0.1) is 0 Å². The first-order valence-electron chi connectivity index (χ1n) is 14.3. The molecule has 0 aliphatic carbocycles. The van der Waals surface area contributed by atoms with Crippen LogP contribution in [0.5, 0.6) is 0 Å². The fraction of sp³-hybridized carbons (Fsp3) is 0.0513. The summed E-state index contributed by atoms with van der Waals surface area (Å²) in [5.41, 5.74) is 10.9. The number of hydrogen-bond donors (Lipinski definition) is 0. The molecule has 0 unspecified atom stereocenters. The Morgan fingerprint density at radius 3 is 1.60 bits per heavy atom. The molecule has 0 N–H and O–H groups in total. The lowest BCUT2D eigenvalue weighted by Gasteiger charge is -2.21. The van der Waals surface area contributed by atoms with Crippen molar-refractivity contribution in [1.29, 1.82) is 0 Å². The SMILES string of the molecule is Cc1c2c(-c3ccccc3)nc3cc(-c4cccnc4)ccc3c2c(C)c2c(-c3ccccc3)nc3ccccc3c12. The zero-order valence-corrected chi connectivity index (χ0v) is 23.5. The van der Waals surface area contributed by atoms with Gasteiger partial charge in [0.1, 0.15) is 0 Å². The van der Waals surface area contributed by atoms with Crippen molar-refractivity contribution >= 4 is 43.4 Å². The molecule has 0 saturated carbocycles. The van der Waals surface area contributed by atoms with Gasteiger partial charge in [-0.2, -0.15) is 0 Å². The van der Waals surface area contributed by atoms with Crippen LogP contribution in [0.1, 0.15) is 11.1 Å². The highest BCUT2D eigenvalue weighted by atomic mass is 14.7. The van der Waals surface area contributed by atoms with Gasteiger partial charge in [0.25, 0.3) is 0 Å². The summed E-state index contributed by atoms with van der Waals surface area (Å²) in [4.78, 5) is 15.0. The minimum absolute atomic E-state index is 0.972. The number of hydrogen-bond acceptors (Lipinski definition) is 3. The third-order valence-electron chi connectivity index (χ3n) is 8.47. The van der Waals surface area contributed by atoms with Crippen LogP contribution in [0.15, 0.2) is 128 Å². The maximum absolute atomic E-state index is 5.39. The minimum Gasteiger partial charge on any atom is -0.264 e. The van der Waals surface area contributed by atoms with Gasteiger partial charge in [-0.05, 0) is 59.5 Å². The van der Waals surface area contributed by atoms with Gasteiger partial charge in [0.15, 0.2) is 0 Å². The molecule has 0 radical (unpaired) electrons. The summed E-state index contributed by atoms with van der Waals surface area (Å²) in [5, 5.41) is 7.19. The fourth-order valence-electron chi connectivity index (χ4n) is 6.56. The second kappa shape index (κ2) is 9.60. The highest BCUT2D eigenvalue weighted by Gasteiger charge is 2.22.